The van der Waals surface area contributed by atoms with E-state index in [4.69, 9.17) is 4.74 Å². The predicted octanol–water partition coefficient (Wildman–Crippen LogP) is 1.32. The molecule has 0 bridgehead atoms. The SMILES string of the molecule is O=C1NCC2(CCCN(C(=O)c3cnn4c3CCCC4)CC2)O1. The molecule has 1 aromatic rings. The molecule has 0 aromatic carbocycles. The smallest absolute Gasteiger partial charge is 0.407 e. The molecule has 3 aliphatic rings. The fraction of sp³-hybridized carbons (Fsp3) is 0.688. The third-order valence-corrected chi connectivity index (χ3v) is 5.26. The van der Waals surface area contributed by atoms with Crippen molar-refractivity contribution in [2.24, 2.45) is 0 Å². The second kappa shape index (κ2) is 5.54. The maximum Gasteiger partial charge on any atom is 0.407 e. The third kappa shape index (κ3) is 2.58. The lowest BCUT2D eigenvalue weighted by Gasteiger charge is -2.25. The number of nitrogens with one attached hydrogen (secondary N) is 1. The molecule has 0 aliphatic carbocycles. The maximum absolute atomic E-state index is 12.9. The standard InChI is InChI=1S/C16H22N4O3/c21-14(12-10-18-20-8-2-1-4-13(12)20)19-7-3-5-16(6-9-19)11-17-15(22)23-16/h10H,1-9,11H2,(H,17,22). The minimum absolute atomic E-state index is 0.0717. The van der Waals surface area contributed by atoms with E-state index in [1.807, 2.05) is 9.58 Å². The van der Waals surface area contributed by atoms with Crippen LogP contribution in [0.3, 0.4) is 0 Å². The van der Waals surface area contributed by atoms with E-state index < -0.39 is 5.60 Å². The number of likely N-dealkylation sites (tertiary alicyclic amines) is 1. The number of aryl methyl sites for hydroxylation is 1. The Morgan fingerprint density at radius 2 is 2.13 bits per heavy atom. The normalized spacial score (nSPS) is 27.3. The summed E-state index contributed by atoms with van der Waals surface area (Å²) >= 11 is 0. The Morgan fingerprint density at radius 3 is 2.96 bits per heavy atom. The van der Waals surface area contributed by atoms with Gasteiger partial charge in [0.15, 0.2) is 0 Å². The average Bonchev–Trinajstić information content (AvgIpc) is 3.07. The second-order valence-electron chi connectivity index (χ2n) is 6.76. The summed E-state index contributed by atoms with van der Waals surface area (Å²) in [7, 11) is 0. The molecule has 1 N–H and O–H groups in total. The molecule has 2 fully saturated rings. The van der Waals surface area contributed by atoms with Gasteiger partial charge in [-0.15, -0.1) is 0 Å². The summed E-state index contributed by atoms with van der Waals surface area (Å²) in [5.74, 6) is 0.0717. The Morgan fingerprint density at radius 1 is 1.22 bits per heavy atom. The van der Waals surface area contributed by atoms with Crippen molar-refractivity contribution >= 4 is 12.0 Å². The van der Waals surface area contributed by atoms with Crippen molar-refractivity contribution in [2.75, 3.05) is 19.6 Å². The number of hydrogen-bond donors (Lipinski definition) is 1. The molecular weight excluding hydrogens is 296 g/mol. The van der Waals surface area contributed by atoms with Gasteiger partial charge in [-0.05, 0) is 32.1 Å². The van der Waals surface area contributed by atoms with E-state index >= 15 is 0 Å². The van der Waals surface area contributed by atoms with Gasteiger partial charge in [-0.3, -0.25) is 9.48 Å². The summed E-state index contributed by atoms with van der Waals surface area (Å²) in [5.41, 5.74) is 1.40. The lowest BCUT2D eigenvalue weighted by molar-refractivity contribution is 0.0438. The van der Waals surface area contributed by atoms with E-state index in [0.29, 0.717) is 26.1 Å². The summed E-state index contributed by atoms with van der Waals surface area (Å²) in [6.45, 7) is 2.80. The zero-order valence-corrected chi connectivity index (χ0v) is 13.2. The van der Waals surface area contributed by atoms with Crippen molar-refractivity contribution in [3.63, 3.8) is 0 Å². The van der Waals surface area contributed by atoms with Gasteiger partial charge in [0.25, 0.3) is 5.91 Å². The van der Waals surface area contributed by atoms with Crippen molar-refractivity contribution in [3.05, 3.63) is 17.5 Å². The molecule has 1 spiro atoms. The number of aromatic nitrogens is 2. The highest BCUT2D eigenvalue weighted by Gasteiger charge is 2.42. The molecule has 1 aromatic heterocycles. The molecule has 23 heavy (non-hydrogen) atoms. The first-order chi connectivity index (χ1) is 11.2. The Hall–Kier alpha value is -2.05. The third-order valence-electron chi connectivity index (χ3n) is 5.26. The van der Waals surface area contributed by atoms with Crippen LogP contribution >= 0.6 is 0 Å². The van der Waals surface area contributed by atoms with E-state index in [1.54, 1.807) is 6.20 Å². The highest BCUT2D eigenvalue weighted by Crippen LogP contribution is 2.30. The van der Waals surface area contributed by atoms with E-state index in [2.05, 4.69) is 10.4 Å². The van der Waals surface area contributed by atoms with E-state index in [9.17, 15) is 9.59 Å². The highest BCUT2D eigenvalue weighted by atomic mass is 16.6. The van der Waals surface area contributed by atoms with Crippen LogP contribution in [-0.2, 0) is 17.7 Å². The van der Waals surface area contributed by atoms with Gasteiger partial charge in [0.05, 0.1) is 24.0 Å². The molecule has 1 atom stereocenters. The van der Waals surface area contributed by atoms with Crippen LogP contribution in [0.2, 0.25) is 0 Å². The van der Waals surface area contributed by atoms with Crippen LogP contribution in [0.1, 0.15) is 48.2 Å². The van der Waals surface area contributed by atoms with Crippen molar-refractivity contribution in [1.29, 1.82) is 0 Å². The number of fused-ring (bicyclic) bond motifs is 1. The van der Waals surface area contributed by atoms with Crippen LogP contribution in [0.25, 0.3) is 0 Å². The zero-order chi connectivity index (χ0) is 15.9. The number of alkyl carbamates (subject to hydrolysis) is 1. The first-order valence-electron chi connectivity index (χ1n) is 8.48. The van der Waals surface area contributed by atoms with Gasteiger partial charge >= 0.3 is 6.09 Å². The topological polar surface area (TPSA) is 76.5 Å². The van der Waals surface area contributed by atoms with Crippen LogP contribution in [0, 0.1) is 0 Å². The largest absolute Gasteiger partial charge is 0.441 e. The summed E-state index contributed by atoms with van der Waals surface area (Å²) in [5, 5.41) is 7.11. The lowest BCUT2D eigenvalue weighted by atomic mass is 9.95. The molecule has 2 saturated heterocycles. The minimum Gasteiger partial charge on any atom is -0.441 e. The molecular formula is C16H22N4O3. The molecule has 0 radical (unpaired) electrons. The van der Waals surface area contributed by atoms with Gasteiger partial charge in [0, 0.05) is 26.1 Å². The minimum atomic E-state index is -0.426. The number of ether oxygens (including phenoxy) is 1. The molecule has 0 saturated carbocycles. The fourth-order valence-electron chi connectivity index (χ4n) is 3.92. The molecule has 2 amide bonds. The fourth-order valence-corrected chi connectivity index (χ4v) is 3.92. The first-order valence-corrected chi connectivity index (χ1v) is 8.48. The number of carbonyl (C=O) groups excluding carboxylic acids is 2. The Labute approximate surface area is 135 Å². The molecule has 7 heteroatoms. The molecule has 124 valence electrons. The molecule has 4 heterocycles. The van der Waals surface area contributed by atoms with Gasteiger partial charge < -0.3 is 15.0 Å². The molecule has 7 nitrogen and oxygen atoms in total. The summed E-state index contributed by atoms with van der Waals surface area (Å²) < 4.78 is 7.45. The maximum atomic E-state index is 12.9. The van der Waals surface area contributed by atoms with E-state index in [0.717, 1.165) is 49.9 Å². The van der Waals surface area contributed by atoms with E-state index in [1.165, 1.54) is 0 Å². The van der Waals surface area contributed by atoms with Crippen LogP contribution < -0.4 is 5.32 Å². The molecule has 1 unspecified atom stereocenters. The van der Waals surface area contributed by atoms with Gasteiger partial charge in [0.2, 0.25) is 0 Å². The van der Waals surface area contributed by atoms with Crippen molar-refractivity contribution in [1.82, 2.24) is 20.0 Å². The molecule has 4 rings (SSSR count). The summed E-state index contributed by atoms with van der Waals surface area (Å²) in [6, 6.07) is 0. The van der Waals surface area contributed by atoms with Crippen LogP contribution in [0.15, 0.2) is 6.20 Å². The van der Waals surface area contributed by atoms with Crippen LogP contribution in [-0.4, -0.2) is 51.9 Å². The lowest BCUT2D eigenvalue weighted by Crippen LogP contribution is -2.36. The second-order valence-corrected chi connectivity index (χ2v) is 6.76. The van der Waals surface area contributed by atoms with Gasteiger partial charge in [-0.25, -0.2) is 4.79 Å². The van der Waals surface area contributed by atoms with E-state index in [-0.39, 0.29) is 12.0 Å². The number of carbonyl (C=O) groups is 2. The van der Waals surface area contributed by atoms with Crippen molar-refractivity contribution in [3.8, 4) is 0 Å². The van der Waals surface area contributed by atoms with Crippen LogP contribution in [0.5, 0.6) is 0 Å². The van der Waals surface area contributed by atoms with Crippen LogP contribution in [0.4, 0.5) is 4.79 Å². The number of rotatable bonds is 1. The Kier molecular flexibility index (Phi) is 3.50. The Balaban J connectivity index is 1.49. The first kappa shape index (κ1) is 14.5. The van der Waals surface area contributed by atoms with Crippen molar-refractivity contribution < 1.29 is 14.3 Å². The highest BCUT2D eigenvalue weighted by molar-refractivity contribution is 5.95. The van der Waals surface area contributed by atoms with Crippen molar-refractivity contribution in [2.45, 2.75) is 50.7 Å². The summed E-state index contributed by atoms with van der Waals surface area (Å²) in [4.78, 5) is 26.2. The zero-order valence-electron chi connectivity index (χ0n) is 13.2. The quantitative estimate of drug-likeness (QED) is 0.847. The monoisotopic (exact) mass is 318 g/mol. The van der Waals surface area contributed by atoms with Gasteiger partial charge in [-0.1, -0.05) is 0 Å². The predicted molar refractivity (Wildman–Crippen MR) is 82.1 cm³/mol. The number of nitrogens with zero attached hydrogens (tertiary/aromatic N) is 3. The number of hydrogen-bond acceptors (Lipinski definition) is 4. The Bertz CT molecular complexity index is 641. The van der Waals surface area contributed by atoms with Gasteiger partial charge in [-0.2, -0.15) is 5.10 Å². The summed E-state index contributed by atoms with van der Waals surface area (Å²) in [6.07, 6.45) is 6.92. The molecule has 3 aliphatic heterocycles. The number of amides is 2. The van der Waals surface area contributed by atoms with Gasteiger partial charge in [0.1, 0.15) is 5.60 Å². The average molecular weight is 318 g/mol.